The summed E-state index contributed by atoms with van der Waals surface area (Å²) in [6.07, 6.45) is 5.76. The molecular formula is C45H27N5. The van der Waals surface area contributed by atoms with Crippen molar-refractivity contribution in [2.45, 2.75) is 0 Å². The van der Waals surface area contributed by atoms with Gasteiger partial charge in [-0.25, -0.2) is 0 Å². The van der Waals surface area contributed by atoms with Gasteiger partial charge in [-0.05, 0) is 83.2 Å². The second-order valence-electron chi connectivity index (χ2n) is 12.6. The lowest BCUT2D eigenvalue weighted by atomic mass is 9.98. The topological polar surface area (TPSA) is 57.7 Å². The van der Waals surface area contributed by atoms with Crippen LogP contribution in [0.5, 0.6) is 0 Å². The molecule has 0 fully saturated rings. The van der Waals surface area contributed by atoms with E-state index in [1.807, 2.05) is 42.9 Å². The molecule has 3 aromatic heterocycles. The van der Waals surface area contributed by atoms with Crippen molar-refractivity contribution in [1.82, 2.24) is 14.5 Å². The number of nitrogens with zero attached hydrogens (tertiary/aromatic N) is 5. The lowest BCUT2D eigenvalue weighted by Crippen LogP contribution is -2.11. The maximum Gasteiger partial charge on any atom is 0.0991 e. The van der Waals surface area contributed by atoms with Crippen LogP contribution in [0.25, 0.3) is 71.8 Å². The van der Waals surface area contributed by atoms with Gasteiger partial charge < -0.3 is 9.47 Å². The largest absolute Gasteiger partial charge is 0.309 e. The molecule has 0 spiro atoms. The predicted molar refractivity (Wildman–Crippen MR) is 203 cm³/mol. The summed E-state index contributed by atoms with van der Waals surface area (Å²) in [6, 6.07) is 53.3. The first kappa shape index (κ1) is 28.0. The molecule has 0 saturated carbocycles. The molecule has 232 valence electrons. The molecule has 5 heteroatoms. The third kappa shape index (κ3) is 4.19. The summed E-state index contributed by atoms with van der Waals surface area (Å²) < 4.78 is 2.34. The van der Waals surface area contributed by atoms with Crippen molar-refractivity contribution in [2.24, 2.45) is 0 Å². The summed E-state index contributed by atoms with van der Waals surface area (Å²) in [5.41, 5.74) is 13.7. The van der Waals surface area contributed by atoms with Crippen molar-refractivity contribution in [3.63, 3.8) is 0 Å². The van der Waals surface area contributed by atoms with E-state index in [9.17, 15) is 5.26 Å². The van der Waals surface area contributed by atoms with Crippen LogP contribution in [0.1, 0.15) is 5.56 Å². The summed E-state index contributed by atoms with van der Waals surface area (Å²) >= 11 is 0. The number of anilines is 3. The average molecular weight is 638 g/mol. The predicted octanol–water partition coefficient (Wildman–Crippen LogP) is 11.4. The van der Waals surface area contributed by atoms with Gasteiger partial charge in [0.05, 0.1) is 51.6 Å². The third-order valence-corrected chi connectivity index (χ3v) is 9.86. The second kappa shape index (κ2) is 11.0. The summed E-state index contributed by atoms with van der Waals surface area (Å²) in [7, 11) is 0. The molecule has 0 radical (unpaired) electrons. The molecule has 5 nitrogen and oxygen atoms in total. The first-order valence-corrected chi connectivity index (χ1v) is 16.6. The normalized spacial score (nSPS) is 11.9. The van der Waals surface area contributed by atoms with Gasteiger partial charge in [0, 0.05) is 50.9 Å². The van der Waals surface area contributed by atoms with E-state index in [0.717, 1.165) is 66.9 Å². The van der Waals surface area contributed by atoms with Gasteiger partial charge in [-0.3, -0.25) is 9.97 Å². The van der Waals surface area contributed by atoms with Gasteiger partial charge >= 0.3 is 0 Å². The maximum absolute atomic E-state index is 9.55. The molecule has 0 amide bonds. The van der Waals surface area contributed by atoms with Gasteiger partial charge in [0.1, 0.15) is 0 Å². The number of hydrogen-bond acceptors (Lipinski definition) is 4. The number of para-hydroxylation sites is 3. The van der Waals surface area contributed by atoms with Crippen molar-refractivity contribution < 1.29 is 0 Å². The lowest BCUT2D eigenvalue weighted by Gasteiger charge is -2.27. The minimum Gasteiger partial charge on any atom is -0.309 e. The van der Waals surface area contributed by atoms with E-state index in [-0.39, 0.29) is 0 Å². The summed E-state index contributed by atoms with van der Waals surface area (Å²) in [6.45, 7) is 0. The molecule has 10 rings (SSSR count). The van der Waals surface area contributed by atoms with Crippen LogP contribution in [-0.4, -0.2) is 14.5 Å². The average Bonchev–Trinajstić information content (AvgIpc) is 3.46. The first-order chi connectivity index (χ1) is 24.8. The first-order valence-electron chi connectivity index (χ1n) is 16.6. The van der Waals surface area contributed by atoms with Crippen molar-refractivity contribution in [3.8, 4) is 45.3 Å². The Balaban J connectivity index is 1.23. The molecule has 1 aliphatic heterocycles. The number of pyridine rings is 2. The number of rotatable bonds is 3. The van der Waals surface area contributed by atoms with E-state index in [0.29, 0.717) is 5.56 Å². The van der Waals surface area contributed by atoms with E-state index in [4.69, 9.17) is 4.98 Å². The highest BCUT2D eigenvalue weighted by atomic mass is 15.2. The van der Waals surface area contributed by atoms with Crippen molar-refractivity contribution in [2.75, 3.05) is 4.90 Å². The molecule has 9 aromatic rings. The molecule has 0 N–H and O–H groups in total. The Bertz CT molecular complexity index is 2840. The van der Waals surface area contributed by atoms with Crippen LogP contribution in [0.2, 0.25) is 0 Å². The molecule has 0 saturated heterocycles. The van der Waals surface area contributed by atoms with E-state index >= 15 is 0 Å². The Morgan fingerprint density at radius 1 is 0.560 bits per heavy atom. The summed E-state index contributed by atoms with van der Waals surface area (Å²) in [5, 5.41) is 14.1. The fourth-order valence-electron chi connectivity index (χ4n) is 7.66. The second-order valence-corrected chi connectivity index (χ2v) is 12.6. The zero-order valence-electron chi connectivity index (χ0n) is 26.8. The number of hydrogen-bond donors (Lipinski definition) is 0. The standard InChI is InChI=1S/C45H27N5/c46-26-29-16-19-33(20-17-29)50-42-14-5-2-10-38(42)44-37-9-1-4-13-41(37)49(43-15-6-3-11-39(43)45(44)50)34-25-32-24-30(18-21-40(32)48-28-34)35-12-7-8-31-27-47-23-22-36(31)35/h1-25,27-28H. The Morgan fingerprint density at radius 2 is 1.32 bits per heavy atom. The highest BCUT2D eigenvalue weighted by molar-refractivity contribution is 6.13. The number of aromatic nitrogens is 3. The fourth-order valence-corrected chi connectivity index (χ4v) is 7.66. The van der Waals surface area contributed by atoms with Crippen LogP contribution in [0, 0.1) is 11.3 Å². The van der Waals surface area contributed by atoms with E-state index in [2.05, 4.69) is 142 Å². The quantitative estimate of drug-likeness (QED) is 0.193. The highest BCUT2D eigenvalue weighted by Gasteiger charge is 2.31. The van der Waals surface area contributed by atoms with E-state index in [1.165, 1.54) is 21.9 Å². The van der Waals surface area contributed by atoms with Crippen LogP contribution in [0.15, 0.2) is 164 Å². The van der Waals surface area contributed by atoms with Gasteiger partial charge in [-0.1, -0.05) is 78.9 Å². The van der Waals surface area contributed by atoms with Crippen molar-refractivity contribution in [3.05, 3.63) is 170 Å². The van der Waals surface area contributed by atoms with E-state index < -0.39 is 0 Å². The van der Waals surface area contributed by atoms with Gasteiger partial charge in [-0.15, -0.1) is 0 Å². The monoisotopic (exact) mass is 637 g/mol. The smallest absolute Gasteiger partial charge is 0.0991 e. The SMILES string of the molecule is N#Cc1ccc(-n2c3c(c4ccccc42)-c2ccccc2N(c2cnc4ccc(-c5cccc6cnccc56)cc4c2)c2ccccc2-3)cc1. The van der Waals surface area contributed by atoms with Crippen LogP contribution in [0.3, 0.4) is 0 Å². The zero-order chi connectivity index (χ0) is 33.2. The van der Waals surface area contributed by atoms with Crippen molar-refractivity contribution in [1.29, 1.82) is 5.26 Å². The molecule has 1 aliphatic rings. The molecule has 0 aliphatic carbocycles. The third-order valence-electron chi connectivity index (χ3n) is 9.86. The molecule has 0 bridgehead atoms. The molecule has 6 aromatic carbocycles. The minimum atomic E-state index is 0.637. The van der Waals surface area contributed by atoms with Gasteiger partial charge in [0.25, 0.3) is 0 Å². The molecule has 50 heavy (non-hydrogen) atoms. The van der Waals surface area contributed by atoms with Crippen LogP contribution < -0.4 is 4.90 Å². The lowest BCUT2D eigenvalue weighted by molar-refractivity contribution is 1.13. The molecular weight excluding hydrogens is 611 g/mol. The molecule has 0 atom stereocenters. The maximum atomic E-state index is 9.55. The Kier molecular flexibility index (Phi) is 6.17. The Morgan fingerprint density at radius 3 is 2.18 bits per heavy atom. The highest BCUT2D eigenvalue weighted by Crippen LogP contribution is 2.54. The fraction of sp³-hybridized carbons (Fsp3) is 0. The van der Waals surface area contributed by atoms with E-state index in [1.54, 1.807) is 0 Å². The number of nitriles is 1. The minimum absolute atomic E-state index is 0.637. The number of fused-ring (bicyclic) bond motifs is 9. The zero-order valence-corrected chi connectivity index (χ0v) is 26.8. The molecule has 0 unspecified atom stereocenters. The van der Waals surface area contributed by atoms with Crippen LogP contribution >= 0.6 is 0 Å². The van der Waals surface area contributed by atoms with Gasteiger partial charge in [0.15, 0.2) is 0 Å². The van der Waals surface area contributed by atoms with Crippen LogP contribution in [-0.2, 0) is 0 Å². The Hall–Kier alpha value is -7.03. The number of benzene rings is 6. The summed E-state index contributed by atoms with van der Waals surface area (Å²) in [5.74, 6) is 0. The molecule has 4 heterocycles. The summed E-state index contributed by atoms with van der Waals surface area (Å²) in [4.78, 5) is 11.7. The Labute approximate surface area is 288 Å². The van der Waals surface area contributed by atoms with Crippen LogP contribution in [0.4, 0.5) is 17.1 Å². The van der Waals surface area contributed by atoms with Crippen molar-refractivity contribution >= 4 is 49.6 Å². The van der Waals surface area contributed by atoms with Gasteiger partial charge in [0.2, 0.25) is 0 Å². The van der Waals surface area contributed by atoms with Gasteiger partial charge in [-0.2, -0.15) is 5.26 Å².